The van der Waals surface area contributed by atoms with Gasteiger partial charge in [-0.3, -0.25) is 0 Å². The zero-order chi connectivity index (χ0) is 20.3. The predicted molar refractivity (Wildman–Crippen MR) is 125 cm³/mol. The molecule has 0 bridgehead atoms. The summed E-state index contributed by atoms with van der Waals surface area (Å²) in [6.07, 6.45) is 12.0. The first-order valence-electron chi connectivity index (χ1n) is 11.1. The van der Waals surface area contributed by atoms with Crippen molar-refractivity contribution < 1.29 is 18.9 Å². The van der Waals surface area contributed by atoms with E-state index in [-0.39, 0.29) is 13.6 Å². The molecule has 6 rings (SSSR count). The Morgan fingerprint density at radius 1 is 0.781 bits per heavy atom. The highest BCUT2D eigenvalue weighted by molar-refractivity contribution is 5.79. The van der Waals surface area contributed by atoms with Crippen molar-refractivity contribution in [2.45, 2.75) is 69.6 Å². The normalized spacial score (nSPS) is 30.6. The maximum absolute atomic E-state index is 6.12. The highest BCUT2D eigenvalue weighted by atomic mass is 16.6. The molecule has 0 radical (unpaired) electrons. The van der Waals surface area contributed by atoms with E-state index in [4.69, 9.17) is 30.4 Å². The first-order valence-corrected chi connectivity index (χ1v) is 11.1. The van der Waals surface area contributed by atoms with Gasteiger partial charge in [-0.1, -0.05) is 25.6 Å². The summed E-state index contributed by atoms with van der Waals surface area (Å²) in [5.41, 5.74) is 19.7. The van der Waals surface area contributed by atoms with Crippen molar-refractivity contribution >= 4 is 5.57 Å². The van der Waals surface area contributed by atoms with Crippen LogP contribution >= 0.6 is 0 Å². The van der Waals surface area contributed by atoms with Gasteiger partial charge in [0.05, 0.1) is 56.5 Å². The third kappa shape index (κ3) is 5.48. The van der Waals surface area contributed by atoms with Crippen molar-refractivity contribution in [1.29, 1.82) is 0 Å². The number of hydrogen-bond acceptors (Lipinski definition) is 7. The van der Waals surface area contributed by atoms with Crippen LogP contribution in [0.25, 0.3) is 5.57 Å². The number of benzene rings is 1. The van der Waals surface area contributed by atoms with Gasteiger partial charge in [0.2, 0.25) is 0 Å². The van der Waals surface area contributed by atoms with E-state index in [2.05, 4.69) is 18.2 Å². The summed E-state index contributed by atoms with van der Waals surface area (Å²) in [6, 6.07) is 2.39. The Morgan fingerprint density at radius 3 is 1.78 bits per heavy atom. The molecule has 7 N–H and O–H groups in total. The fourth-order valence-corrected chi connectivity index (χ4v) is 4.60. The second kappa shape index (κ2) is 8.99. The minimum atomic E-state index is -0.762. The summed E-state index contributed by atoms with van der Waals surface area (Å²) in [6.45, 7) is 3.43. The standard InChI is InChI=1S/C24H30N2O4.CH4.H3N/c25-24(26)3-1-14(2-4-24)20-6-15(5-16-10-27-16)21(7-17-11-28-17)23(9-19-13-30-19)22(20)8-18-12-29-18;;/h1-3,6,16-19H,4-5,7-13,25-26H2;1H4;1H3. The van der Waals surface area contributed by atoms with E-state index in [0.717, 1.165) is 52.1 Å². The largest absolute Gasteiger partial charge is 0.373 e. The molecule has 4 saturated heterocycles. The van der Waals surface area contributed by atoms with Gasteiger partial charge >= 0.3 is 0 Å². The number of nitrogens with two attached hydrogens (primary N) is 2. The monoisotopic (exact) mass is 443 g/mol. The molecule has 7 nitrogen and oxygen atoms in total. The smallest absolute Gasteiger partial charge is 0.0867 e. The molecule has 32 heavy (non-hydrogen) atoms. The number of allylic oxidation sites excluding steroid dienone is 2. The lowest BCUT2D eigenvalue weighted by atomic mass is 9.80. The molecule has 0 amide bonds. The summed E-state index contributed by atoms with van der Waals surface area (Å²) in [5, 5.41) is 0. The van der Waals surface area contributed by atoms with E-state index in [1.165, 1.54) is 33.4 Å². The van der Waals surface area contributed by atoms with Gasteiger partial charge in [-0.15, -0.1) is 0 Å². The number of rotatable bonds is 9. The first kappa shape index (κ1) is 23.6. The van der Waals surface area contributed by atoms with Crippen molar-refractivity contribution in [1.82, 2.24) is 6.15 Å². The lowest BCUT2D eigenvalue weighted by Gasteiger charge is -2.26. The topological polar surface area (TPSA) is 137 Å². The van der Waals surface area contributed by atoms with E-state index >= 15 is 0 Å². The number of ether oxygens (including phenoxy) is 4. The second-order valence-corrected chi connectivity index (χ2v) is 9.47. The van der Waals surface area contributed by atoms with Crippen LogP contribution in [0.5, 0.6) is 0 Å². The van der Waals surface area contributed by atoms with Gasteiger partial charge < -0.3 is 36.6 Å². The van der Waals surface area contributed by atoms with Crippen molar-refractivity contribution in [3.8, 4) is 0 Å². The molecular weight excluding hydrogens is 406 g/mol. The molecule has 4 aliphatic heterocycles. The molecule has 5 aliphatic rings. The van der Waals surface area contributed by atoms with Gasteiger partial charge in [0.15, 0.2) is 0 Å². The van der Waals surface area contributed by atoms with Crippen LogP contribution in [0.4, 0.5) is 0 Å². The molecule has 0 aromatic heterocycles. The van der Waals surface area contributed by atoms with E-state index in [9.17, 15) is 0 Å². The fraction of sp³-hybridized carbons (Fsp3) is 0.600. The van der Waals surface area contributed by atoms with Gasteiger partial charge in [-0.25, -0.2) is 0 Å². The van der Waals surface area contributed by atoms with Crippen LogP contribution in [-0.2, 0) is 44.6 Å². The minimum Gasteiger partial charge on any atom is -0.373 e. The molecule has 1 aliphatic carbocycles. The van der Waals surface area contributed by atoms with Crippen LogP contribution in [0.15, 0.2) is 24.3 Å². The van der Waals surface area contributed by atoms with Crippen LogP contribution in [0.3, 0.4) is 0 Å². The van der Waals surface area contributed by atoms with Crippen molar-refractivity contribution in [2.24, 2.45) is 11.5 Å². The summed E-state index contributed by atoms with van der Waals surface area (Å²) in [5.74, 6) is 0. The Kier molecular flexibility index (Phi) is 6.62. The average Bonchev–Trinajstić information content (AvgIpc) is 3.49. The lowest BCUT2D eigenvalue weighted by molar-refractivity contribution is 0.395. The molecule has 4 fully saturated rings. The summed E-state index contributed by atoms with van der Waals surface area (Å²) < 4.78 is 22.5. The van der Waals surface area contributed by atoms with Gasteiger partial charge in [-0.2, -0.15) is 0 Å². The predicted octanol–water partition coefficient (Wildman–Crippen LogP) is 2.21. The van der Waals surface area contributed by atoms with Gasteiger partial charge in [0, 0.05) is 32.1 Å². The summed E-state index contributed by atoms with van der Waals surface area (Å²) in [4.78, 5) is 0. The minimum absolute atomic E-state index is 0. The lowest BCUT2D eigenvalue weighted by Crippen LogP contribution is -2.47. The summed E-state index contributed by atoms with van der Waals surface area (Å²) in [7, 11) is 0. The second-order valence-electron chi connectivity index (χ2n) is 9.47. The molecule has 1 aromatic carbocycles. The molecule has 1 aromatic rings. The molecule has 4 unspecified atom stereocenters. The van der Waals surface area contributed by atoms with E-state index in [1.807, 2.05) is 6.08 Å². The molecule has 0 spiro atoms. The molecule has 176 valence electrons. The van der Waals surface area contributed by atoms with Crippen molar-refractivity contribution in [3.63, 3.8) is 0 Å². The number of epoxide rings is 4. The molecule has 0 saturated carbocycles. The third-order valence-corrected chi connectivity index (χ3v) is 6.67. The van der Waals surface area contributed by atoms with Gasteiger partial charge in [0.1, 0.15) is 0 Å². The third-order valence-electron chi connectivity index (χ3n) is 6.67. The highest BCUT2D eigenvalue weighted by Crippen LogP contribution is 2.38. The van der Waals surface area contributed by atoms with Crippen LogP contribution in [0.1, 0.15) is 41.7 Å². The van der Waals surface area contributed by atoms with Crippen LogP contribution in [0, 0.1) is 0 Å². The zero-order valence-electron chi connectivity index (χ0n) is 18.0. The van der Waals surface area contributed by atoms with E-state index in [0.29, 0.717) is 30.8 Å². The zero-order valence-corrected chi connectivity index (χ0v) is 18.0. The highest BCUT2D eigenvalue weighted by Gasteiger charge is 2.35. The fourth-order valence-electron chi connectivity index (χ4n) is 4.60. The van der Waals surface area contributed by atoms with E-state index < -0.39 is 5.66 Å². The van der Waals surface area contributed by atoms with Gasteiger partial charge in [0.25, 0.3) is 0 Å². The Labute approximate surface area is 190 Å². The molecule has 4 atom stereocenters. The van der Waals surface area contributed by atoms with Crippen molar-refractivity contribution in [2.75, 3.05) is 26.4 Å². The maximum Gasteiger partial charge on any atom is 0.0867 e. The van der Waals surface area contributed by atoms with Crippen LogP contribution in [-0.4, -0.2) is 56.5 Å². The maximum atomic E-state index is 6.12. The van der Waals surface area contributed by atoms with Gasteiger partial charge in [-0.05, 0) is 39.5 Å². The van der Waals surface area contributed by atoms with Crippen molar-refractivity contribution in [3.05, 3.63) is 52.1 Å². The quantitative estimate of drug-likeness (QED) is 0.393. The Morgan fingerprint density at radius 2 is 1.28 bits per heavy atom. The Bertz CT molecular complexity index is 910. The Hall–Kier alpha value is -1.58. The first-order chi connectivity index (χ1) is 14.5. The molecular formula is C25H37N3O4. The molecule has 4 heterocycles. The number of hydrogen-bond donors (Lipinski definition) is 3. The summed E-state index contributed by atoms with van der Waals surface area (Å²) >= 11 is 0. The van der Waals surface area contributed by atoms with Crippen LogP contribution in [0.2, 0.25) is 0 Å². The van der Waals surface area contributed by atoms with Crippen LogP contribution < -0.4 is 17.6 Å². The Balaban J connectivity index is 0.00000122. The average molecular weight is 444 g/mol. The van der Waals surface area contributed by atoms with E-state index in [1.54, 1.807) is 0 Å². The molecule has 7 heteroatoms. The SMILES string of the molecule is C.N.NC1(N)C=CC(c2cc(CC3CO3)c(CC3CO3)c(CC3CO3)c2CC2CO2)=CC1.